The Bertz CT molecular complexity index is 523. The van der Waals surface area contributed by atoms with Crippen LogP contribution in [-0.2, 0) is 0 Å². The fourth-order valence-electron chi connectivity index (χ4n) is 1.37. The van der Waals surface area contributed by atoms with Gasteiger partial charge in [0.05, 0.1) is 5.69 Å². The van der Waals surface area contributed by atoms with Crippen molar-refractivity contribution in [3.05, 3.63) is 46.9 Å². The first-order chi connectivity index (χ1) is 7.58. The van der Waals surface area contributed by atoms with Gasteiger partial charge < -0.3 is 0 Å². The molecule has 1 heterocycles. The highest BCUT2D eigenvalue weighted by Crippen LogP contribution is 2.23. The van der Waals surface area contributed by atoms with E-state index in [1.165, 1.54) is 12.1 Å². The molecule has 1 aromatic carbocycles. The van der Waals surface area contributed by atoms with E-state index in [0.717, 1.165) is 6.07 Å². The van der Waals surface area contributed by atoms with Crippen molar-refractivity contribution in [2.45, 2.75) is 6.92 Å². The third-order valence-corrected chi connectivity index (χ3v) is 2.22. The van der Waals surface area contributed by atoms with E-state index in [0.29, 0.717) is 5.69 Å². The fourth-order valence-corrected chi connectivity index (χ4v) is 1.60. The largest absolute Gasteiger partial charge is 0.223 e. The molecule has 0 aliphatic carbocycles. The Morgan fingerprint density at radius 3 is 2.62 bits per heavy atom. The first-order valence-corrected chi connectivity index (χ1v) is 4.91. The molecule has 16 heavy (non-hydrogen) atoms. The second-order valence-electron chi connectivity index (χ2n) is 3.26. The Morgan fingerprint density at radius 1 is 1.19 bits per heavy atom. The van der Waals surface area contributed by atoms with Crippen LogP contribution in [0.15, 0.2) is 24.3 Å². The van der Waals surface area contributed by atoms with E-state index in [2.05, 4.69) is 9.97 Å². The molecule has 0 N–H and O–H groups in total. The van der Waals surface area contributed by atoms with E-state index in [4.69, 9.17) is 11.6 Å². The Kier molecular flexibility index (Phi) is 2.83. The van der Waals surface area contributed by atoms with Crippen LogP contribution in [0.5, 0.6) is 0 Å². The number of aromatic nitrogens is 2. The number of hydrogen-bond donors (Lipinski definition) is 0. The van der Waals surface area contributed by atoms with Gasteiger partial charge in [-0.3, -0.25) is 0 Å². The molecule has 82 valence electrons. The second-order valence-corrected chi connectivity index (χ2v) is 3.60. The zero-order valence-corrected chi connectivity index (χ0v) is 9.09. The van der Waals surface area contributed by atoms with Gasteiger partial charge in [-0.05, 0) is 36.7 Å². The average molecular weight is 241 g/mol. The Morgan fingerprint density at radius 2 is 1.94 bits per heavy atom. The van der Waals surface area contributed by atoms with Crippen LogP contribution < -0.4 is 0 Å². The minimum atomic E-state index is -0.934. The molecule has 1 aromatic heterocycles. The highest BCUT2D eigenvalue weighted by molar-refractivity contribution is 6.28. The molecular formula is C11H7ClF2N2. The summed E-state index contributed by atoms with van der Waals surface area (Å²) in [5.41, 5.74) is 0.945. The number of nitrogens with zero attached hydrogens (tertiary/aromatic N) is 2. The lowest BCUT2D eigenvalue weighted by molar-refractivity contribution is 0.511. The predicted molar refractivity (Wildman–Crippen MR) is 57.1 cm³/mol. The van der Waals surface area contributed by atoms with Gasteiger partial charge in [-0.25, -0.2) is 18.7 Å². The standard InChI is InChI=1S/C11H7ClF2N2/c1-6-5-9(16-11(12)15-6)7-3-2-4-8(13)10(7)14/h2-5H,1H3. The van der Waals surface area contributed by atoms with Gasteiger partial charge in [-0.1, -0.05) is 6.07 Å². The summed E-state index contributed by atoms with van der Waals surface area (Å²) < 4.78 is 26.5. The van der Waals surface area contributed by atoms with E-state index >= 15 is 0 Å². The van der Waals surface area contributed by atoms with Gasteiger partial charge in [0.1, 0.15) is 0 Å². The van der Waals surface area contributed by atoms with E-state index in [1.807, 2.05) is 0 Å². The molecule has 0 fully saturated rings. The normalized spacial score (nSPS) is 10.5. The van der Waals surface area contributed by atoms with Crippen LogP contribution in [0.4, 0.5) is 8.78 Å². The summed E-state index contributed by atoms with van der Waals surface area (Å²) in [7, 11) is 0. The summed E-state index contributed by atoms with van der Waals surface area (Å²) in [6.07, 6.45) is 0. The maximum atomic E-state index is 13.5. The summed E-state index contributed by atoms with van der Waals surface area (Å²) in [5.74, 6) is -1.85. The van der Waals surface area contributed by atoms with Crippen molar-refractivity contribution >= 4 is 11.6 Å². The van der Waals surface area contributed by atoms with Crippen LogP contribution in [-0.4, -0.2) is 9.97 Å². The fraction of sp³-hybridized carbons (Fsp3) is 0.0909. The molecule has 0 saturated carbocycles. The summed E-state index contributed by atoms with van der Waals surface area (Å²) in [4.78, 5) is 7.70. The molecule has 0 aliphatic rings. The minimum absolute atomic E-state index is 0.0126. The molecule has 2 rings (SSSR count). The monoisotopic (exact) mass is 240 g/mol. The molecule has 0 saturated heterocycles. The Labute approximate surface area is 95.9 Å². The van der Waals surface area contributed by atoms with Crippen molar-refractivity contribution in [3.63, 3.8) is 0 Å². The highest BCUT2D eigenvalue weighted by Gasteiger charge is 2.11. The van der Waals surface area contributed by atoms with Gasteiger partial charge in [0.2, 0.25) is 5.28 Å². The van der Waals surface area contributed by atoms with E-state index in [1.54, 1.807) is 13.0 Å². The molecule has 0 radical (unpaired) electrons. The van der Waals surface area contributed by atoms with E-state index in [-0.39, 0.29) is 16.5 Å². The Hall–Kier alpha value is -1.55. The molecule has 2 aromatic rings. The van der Waals surface area contributed by atoms with Gasteiger partial charge in [0, 0.05) is 11.3 Å². The lowest BCUT2D eigenvalue weighted by atomic mass is 10.1. The number of hydrogen-bond acceptors (Lipinski definition) is 2. The third kappa shape index (κ3) is 2.02. The summed E-state index contributed by atoms with van der Waals surface area (Å²) in [6.45, 7) is 1.70. The third-order valence-electron chi connectivity index (χ3n) is 2.05. The van der Waals surface area contributed by atoms with Gasteiger partial charge >= 0.3 is 0 Å². The van der Waals surface area contributed by atoms with Crippen molar-refractivity contribution in [1.29, 1.82) is 0 Å². The number of benzene rings is 1. The number of aryl methyl sites for hydroxylation is 1. The van der Waals surface area contributed by atoms with E-state index < -0.39 is 11.6 Å². The van der Waals surface area contributed by atoms with Crippen LogP contribution in [0.1, 0.15) is 5.69 Å². The smallest absolute Gasteiger partial charge is 0.223 e. The summed E-state index contributed by atoms with van der Waals surface area (Å²) in [5, 5.41) is 0.0126. The van der Waals surface area contributed by atoms with Gasteiger partial charge in [0.25, 0.3) is 0 Å². The lowest BCUT2D eigenvalue weighted by Gasteiger charge is -2.04. The van der Waals surface area contributed by atoms with Crippen LogP contribution in [0.3, 0.4) is 0 Å². The topological polar surface area (TPSA) is 25.8 Å². The summed E-state index contributed by atoms with van der Waals surface area (Å²) in [6, 6.07) is 5.45. The predicted octanol–water partition coefficient (Wildman–Crippen LogP) is 3.38. The van der Waals surface area contributed by atoms with Crippen molar-refractivity contribution in [2.24, 2.45) is 0 Å². The maximum Gasteiger partial charge on any atom is 0.223 e. The SMILES string of the molecule is Cc1cc(-c2cccc(F)c2F)nc(Cl)n1. The molecule has 0 amide bonds. The lowest BCUT2D eigenvalue weighted by Crippen LogP contribution is -1.94. The highest BCUT2D eigenvalue weighted by atomic mass is 35.5. The molecular weight excluding hydrogens is 234 g/mol. The molecule has 0 bridgehead atoms. The zero-order chi connectivity index (χ0) is 11.7. The molecule has 2 nitrogen and oxygen atoms in total. The van der Waals surface area contributed by atoms with E-state index in [9.17, 15) is 8.78 Å². The molecule has 0 unspecified atom stereocenters. The van der Waals surface area contributed by atoms with Crippen LogP contribution in [0.25, 0.3) is 11.3 Å². The van der Waals surface area contributed by atoms with Crippen molar-refractivity contribution in [2.75, 3.05) is 0 Å². The second kappa shape index (κ2) is 4.14. The van der Waals surface area contributed by atoms with Crippen molar-refractivity contribution < 1.29 is 8.78 Å². The molecule has 0 aliphatic heterocycles. The minimum Gasteiger partial charge on any atom is -0.223 e. The van der Waals surface area contributed by atoms with Crippen LogP contribution in [0.2, 0.25) is 5.28 Å². The molecule has 0 spiro atoms. The van der Waals surface area contributed by atoms with Crippen molar-refractivity contribution in [3.8, 4) is 11.3 Å². The maximum absolute atomic E-state index is 13.5. The van der Waals surface area contributed by atoms with Gasteiger partial charge in [-0.15, -0.1) is 0 Å². The first-order valence-electron chi connectivity index (χ1n) is 4.53. The zero-order valence-electron chi connectivity index (χ0n) is 8.34. The van der Waals surface area contributed by atoms with Crippen molar-refractivity contribution in [1.82, 2.24) is 9.97 Å². The number of halogens is 3. The molecule has 5 heteroatoms. The first kappa shape index (κ1) is 11.0. The number of rotatable bonds is 1. The van der Waals surface area contributed by atoms with Crippen LogP contribution in [0, 0.1) is 18.6 Å². The Balaban J connectivity index is 2.63. The average Bonchev–Trinajstić information content (AvgIpc) is 2.20. The summed E-state index contributed by atoms with van der Waals surface area (Å²) >= 11 is 5.65. The quantitative estimate of drug-likeness (QED) is 0.714. The van der Waals surface area contributed by atoms with Gasteiger partial charge in [0.15, 0.2) is 11.6 Å². The molecule has 0 atom stereocenters. The van der Waals surface area contributed by atoms with Gasteiger partial charge in [-0.2, -0.15) is 0 Å². The van der Waals surface area contributed by atoms with Crippen LogP contribution >= 0.6 is 11.6 Å².